The first-order valence-electron chi connectivity index (χ1n) is 5.83. The van der Waals surface area contributed by atoms with Gasteiger partial charge in [-0.2, -0.15) is 0 Å². The predicted molar refractivity (Wildman–Crippen MR) is 70.0 cm³/mol. The van der Waals surface area contributed by atoms with Gasteiger partial charge in [0.2, 0.25) is 5.91 Å². The van der Waals surface area contributed by atoms with Gasteiger partial charge in [0, 0.05) is 39.2 Å². The highest BCUT2D eigenvalue weighted by Crippen LogP contribution is 2.07. The Morgan fingerprint density at radius 3 is 2.72 bits per heavy atom. The van der Waals surface area contributed by atoms with Gasteiger partial charge in [-0.05, 0) is 17.7 Å². The normalized spacial score (nSPS) is 9.94. The molecule has 1 aromatic carbocycles. The van der Waals surface area contributed by atoms with E-state index in [1.165, 1.54) is 4.90 Å². The average Bonchev–Trinajstić information content (AvgIpc) is 2.43. The van der Waals surface area contributed by atoms with E-state index in [4.69, 9.17) is 5.73 Å². The van der Waals surface area contributed by atoms with E-state index in [1.54, 1.807) is 26.2 Å². The van der Waals surface area contributed by atoms with E-state index in [0.29, 0.717) is 25.1 Å². The highest BCUT2D eigenvalue weighted by atomic mass is 16.2. The molecule has 2 amide bonds. The van der Waals surface area contributed by atoms with Gasteiger partial charge in [0.1, 0.15) is 0 Å². The standard InChI is InChI=1S/C13H19N3O2/c1-15-12(17)6-7-16(2)13(18)11-5-3-4-10(8-11)9-14/h3-5,8H,6-7,9,14H2,1-2H3,(H,15,17). The zero-order valence-electron chi connectivity index (χ0n) is 10.8. The summed E-state index contributed by atoms with van der Waals surface area (Å²) >= 11 is 0. The number of nitrogens with zero attached hydrogens (tertiary/aromatic N) is 1. The second kappa shape index (κ2) is 6.76. The van der Waals surface area contributed by atoms with Crippen molar-refractivity contribution in [2.24, 2.45) is 5.73 Å². The summed E-state index contributed by atoms with van der Waals surface area (Å²) in [5.41, 5.74) is 7.05. The van der Waals surface area contributed by atoms with E-state index >= 15 is 0 Å². The van der Waals surface area contributed by atoms with Crippen LogP contribution in [0.3, 0.4) is 0 Å². The number of hydrogen-bond donors (Lipinski definition) is 2. The van der Waals surface area contributed by atoms with Crippen molar-refractivity contribution in [3.05, 3.63) is 35.4 Å². The van der Waals surface area contributed by atoms with Crippen molar-refractivity contribution in [1.29, 1.82) is 0 Å². The number of rotatable bonds is 5. The molecule has 1 aromatic rings. The van der Waals surface area contributed by atoms with E-state index in [9.17, 15) is 9.59 Å². The van der Waals surface area contributed by atoms with Gasteiger partial charge in [0.05, 0.1) is 0 Å². The van der Waals surface area contributed by atoms with Crippen molar-refractivity contribution in [3.63, 3.8) is 0 Å². The third-order valence-electron chi connectivity index (χ3n) is 2.71. The molecule has 0 aromatic heterocycles. The number of nitrogens with one attached hydrogen (secondary N) is 1. The quantitative estimate of drug-likeness (QED) is 0.791. The fraction of sp³-hybridized carbons (Fsp3) is 0.385. The SMILES string of the molecule is CNC(=O)CCN(C)C(=O)c1cccc(CN)c1. The third-order valence-corrected chi connectivity index (χ3v) is 2.71. The summed E-state index contributed by atoms with van der Waals surface area (Å²) in [6.45, 7) is 0.800. The number of carbonyl (C=O) groups is 2. The molecule has 0 saturated heterocycles. The highest BCUT2D eigenvalue weighted by molar-refractivity contribution is 5.94. The lowest BCUT2D eigenvalue weighted by Gasteiger charge is -2.17. The number of carbonyl (C=O) groups excluding carboxylic acids is 2. The van der Waals surface area contributed by atoms with Gasteiger partial charge in [-0.1, -0.05) is 12.1 Å². The van der Waals surface area contributed by atoms with Crippen molar-refractivity contribution < 1.29 is 9.59 Å². The maximum Gasteiger partial charge on any atom is 0.253 e. The molecule has 0 atom stereocenters. The summed E-state index contributed by atoms with van der Waals surface area (Å²) in [4.78, 5) is 24.7. The highest BCUT2D eigenvalue weighted by Gasteiger charge is 2.12. The summed E-state index contributed by atoms with van der Waals surface area (Å²) in [7, 11) is 3.26. The second-order valence-corrected chi connectivity index (χ2v) is 4.05. The molecule has 0 heterocycles. The monoisotopic (exact) mass is 249 g/mol. The molecule has 0 aliphatic heterocycles. The van der Waals surface area contributed by atoms with Crippen molar-refractivity contribution in [2.75, 3.05) is 20.6 Å². The molecule has 1 rings (SSSR count). The van der Waals surface area contributed by atoms with Crippen LogP contribution < -0.4 is 11.1 Å². The Labute approximate surface area is 107 Å². The zero-order chi connectivity index (χ0) is 13.5. The summed E-state index contributed by atoms with van der Waals surface area (Å²) in [6, 6.07) is 7.21. The molecule has 98 valence electrons. The minimum Gasteiger partial charge on any atom is -0.359 e. The van der Waals surface area contributed by atoms with E-state index < -0.39 is 0 Å². The summed E-state index contributed by atoms with van der Waals surface area (Å²) in [5.74, 6) is -0.181. The van der Waals surface area contributed by atoms with Crippen molar-refractivity contribution in [1.82, 2.24) is 10.2 Å². The van der Waals surface area contributed by atoms with E-state index in [0.717, 1.165) is 5.56 Å². The van der Waals surface area contributed by atoms with Crippen LogP contribution in [0.15, 0.2) is 24.3 Å². The maximum atomic E-state index is 12.1. The predicted octanol–water partition coefficient (Wildman–Crippen LogP) is 0.353. The molecule has 0 aliphatic carbocycles. The van der Waals surface area contributed by atoms with E-state index in [-0.39, 0.29) is 11.8 Å². The van der Waals surface area contributed by atoms with Crippen LogP contribution in [0.4, 0.5) is 0 Å². The number of nitrogens with two attached hydrogens (primary N) is 1. The smallest absolute Gasteiger partial charge is 0.253 e. The van der Waals surface area contributed by atoms with Gasteiger partial charge in [0.15, 0.2) is 0 Å². The Morgan fingerprint density at radius 2 is 2.11 bits per heavy atom. The van der Waals surface area contributed by atoms with Crippen LogP contribution in [-0.4, -0.2) is 37.4 Å². The zero-order valence-corrected chi connectivity index (χ0v) is 10.8. The lowest BCUT2D eigenvalue weighted by Crippen LogP contribution is -2.31. The Bertz CT molecular complexity index is 432. The number of benzene rings is 1. The van der Waals surface area contributed by atoms with Gasteiger partial charge in [-0.25, -0.2) is 0 Å². The number of amides is 2. The molecule has 0 unspecified atom stereocenters. The van der Waals surface area contributed by atoms with Crippen LogP contribution in [0.5, 0.6) is 0 Å². The van der Waals surface area contributed by atoms with Crippen LogP contribution in [0.2, 0.25) is 0 Å². The first-order chi connectivity index (χ1) is 8.58. The van der Waals surface area contributed by atoms with Crippen LogP contribution >= 0.6 is 0 Å². The van der Waals surface area contributed by atoms with Crippen molar-refractivity contribution in [3.8, 4) is 0 Å². The first-order valence-corrected chi connectivity index (χ1v) is 5.83. The lowest BCUT2D eigenvalue weighted by molar-refractivity contribution is -0.120. The summed E-state index contributed by atoms with van der Waals surface area (Å²) in [5, 5.41) is 2.52. The Morgan fingerprint density at radius 1 is 1.39 bits per heavy atom. The Hall–Kier alpha value is -1.88. The van der Waals surface area contributed by atoms with Crippen LogP contribution in [-0.2, 0) is 11.3 Å². The Balaban J connectivity index is 2.65. The van der Waals surface area contributed by atoms with Crippen molar-refractivity contribution in [2.45, 2.75) is 13.0 Å². The molecular weight excluding hydrogens is 230 g/mol. The van der Waals surface area contributed by atoms with E-state index in [2.05, 4.69) is 5.32 Å². The Kier molecular flexibility index (Phi) is 5.32. The maximum absolute atomic E-state index is 12.1. The summed E-state index contributed by atoms with van der Waals surface area (Å²) in [6.07, 6.45) is 0.301. The van der Waals surface area contributed by atoms with Gasteiger partial charge >= 0.3 is 0 Å². The molecule has 3 N–H and O–H groups in total. The summed E-state index contributed by atoms with van der Waals surface area (Å²) < 4.78 is 0. The van der Waals surface area contributed by atoms with Gasteiger partial charge in [0.25, 0.3) is 5.91 Å². The first kappa shape index (κ1) is 14.2. The molecular formula is C13H19N3O2. The molecule has 0 aliphatic rings. The topological polar surface area (TPSA) is 75.4 Å². The van der Waals surface area contributed by atoms with Crippen LogP contribution in [0, 0.1) is 0 Å². The average molecular weight is 249 g/mol. The molecule has 0 saturated carbocycles. The van der Waals surface area contributed by atoms with Crippen molar-refractivity contribution >= 4 is 11.8 Å². The molecule has 0 bridgehead atoms. The minimum absolute atomic E-state index is 0.0784. The van der Waals surface area contributed by atoms with Crippen LogP contribution in [0.25, 0.3) is 0 Å². The van der Waals surface area contributed by atoms with Gasteiger partial charge in [-0.3, -0.25) is 9.59 Å². The second-order valence-electron chi connectivity index (χ2n) is 4.05. The molecule has 0 spiro atoms. The minimum atomic E-state index is -0.103. The van der Waals surface area contributed by atoms with Gasteiger partial charge < -0.3 is 16.0 Å². The third kappa shape index (κ3) is 3.85. The van der Waals surface area contributed by atoms with Crippen LogP contribution in [0.1, 0.15) is 22.3 Å². The molecule has 0 fully saturated rings. The number of hydrogen-bond acceptors (Lipinski definition) is 3. The fourth-order valence-corrected chi connectivity index (χ4v) is 1.55. The van der Waals surface area contributed by atoms with Gasteiger partial charge in [-0.15, -0.1) is 0 Å². The molecule has 5 nitrogen and oxygen atoms in total. The molecule has 5 heteroatoms. The van der Waals surface area contributed by atoms with E-state index in [1.807, 2.05) is 12.1 Å². The molecule has 18 heavy (non-hydrogen) atoms. The molecule has 0 radical (unpaired) electrons. The lowest BCUT2D eigenvalue weighted by atomic mass is 10.1. The largest absolute Gasteiger partial charge is 0.359 e. The fourth-order valence-electron chi connectivity index (χ4n) is 1.55.